The molecule has 2 aromatic carbocycles. The first-order valence-electron chi connectivity index (χ1n) is 7.92. The maximum atomic E-state index is 11.9. The fourth-order valence-corrected chi connectivity index (χ4v) is 3.12. The number of carbonyl (C=O) groups is 2. The first-order valence-corrected chi connectivity index (χ1v) is 8.68. The first kappa shape index (κ1) is 19.7. The van der Waals surface area contributed by atoms with Crippen LogP contribution >= 0.6 is 23.2 Å². The van der Waals surface area contributed by atoms with Crippen molar-refractivity contribution in [1.82, 2.24) is 10.2 Å². The Morgan fingerprint density at radius 2 is 1.89 bits per heavy atom. The zero-order chi connectivity index (χ0) is 20.4. The zero-order valence-electron chi connectivity index (χ0n) is 14.4. The number of nitrogens with zero attached hydrogens (tertiary/aromatic N) is 2. The number of nitrogens with one attached hydrogen (secondary N) is 1. The van der Waals surface area contributed by atoms with E-state index in [4.69, 9.17) is 27.9 Å². The summed E-state index contributed by atoms with van der Waals surface area (Å²) in [6.45, 7) is 0.0287. The topological polar surface area (TPSA) is 102 Å². The fourth-order valence-electron chi connectivity index (χ4n) is 2.51. The summed E-state index contributed by atoms with van der Waals surface area (Å²) < 4.78 is 5.62. The molecule has 0 atom stereocenters. The molecule has 144 valence electrons. The number of likely N-dealkylation sites (N-methyl/N-ethyl adjacent to an activating group) is 1. The molecule has 1 aliphatic heterocycles. The molecule has 1 heterocycles. The van der Waals surface area contributed by atoms with Crippen LogP contribution < -0.4 is 10.1 Å². The first-order chi connectivity index (χ1) is 13.3. The van der Waals surface area contributed by atoms with Gasteiger partial charge in [-0.25, -0.2) is 4.79 Å². The van der Waals surface area contributed by atoms with Crippen LogP contribution in [-0.2, 0) is 11.4 Å². The van der Waals surface area contributed by atoms with Crippen molar-refractivity contribution < 1.29 is 19.2 Å². The second kappa shape index (κ2) is 7.87. The Labute approximate surface area is 169 Å². The Kier molecular flexibility index (Phi) is 5.53. The monoisotopic (exact) mass is 421 g/mol. The number of amides is 3. The predicted octanol–water partition coefficient (Wildman–Crippen LogP) is 4.00. The van der Waals surface area contributed by atoms with E-state index in [9.17, 15) is 19.7 Å². The molecular formula is C18H13Cl2N3O5. The molecule has 8 nitrogen and oxygen atoms in total. The van der Waals surface area contributed by atoms with Gasteiger partial charge in [-0.15, -0.1) is 0 Å². The summed E-state index contributed by atoms with van der Waals surface area (Å²) in [5.41, 5.74) is 1.13. The molecule has 0 bridgehead atoms. The standard InChI is InChI=1S/C18H13Cl2N3O5/c1-22-17(24)15(21-18(22)25)8-11-6-13(19)16(14(20)7-11)28-9-10-3-2-4-12(5-10)23(26)27/h2-8H,9H2,1H3,(H,21,25)/b15-8+. The Balaban J connectivity index is 1.79. The van der Waals surface area contributed by atoms with Crippen LogP contribution in [0.15, 0.2) is 42.1 Å². The number of ether oxygens (including phenoxy) is 1. The molecule has 0 spiro atoms. The summed E-state index contributed by atoms with van der Waals surface area (Å²) in [6.07, 6.45) is 1.45. The van der Waals surface area contributed by atoms with E-state index >= 15 is 0 Å². The van der Waals surface area contributed by atoms with Gasteiger partial charge in [-0.2, -0.15) is 0 Å². The molecule has 3 rings (SSSR count). The van der Waals surface area contributed by atoms with Crippen LogP contribution in [0.4, 0.5) is 10.5 Å². The van der Waals surface area contributed by atoms with Gasteiger partial charge in [0.15, 0.2) is 5.75 Å². The third-order valence-electron chi connectivity index (χ3n) is 3.92. The Hall–Kier alpha value is -3.10. The van der Waals surface area contributed by atoms with E-state index in [1.807, 2.05) is 0 Å². The van der Waals surface area contributed by atoms with Crippen molar-refractivity contribution in [2.75, 3.05) is 7.05 Å². The highest BCUT2D eigenvalue weighted by Gasteiger charge is 2.30. The van der Waals surface area contributed by atoms with Crippen molar-refractivity contribution in [2.45, 2.75) is 6.61 Å². The number of carbonyl (C=O) groups excluding carboxylic acids is 2. The van der Waals surface area contributed by atoms with Gasteiger partial charge in [-0.1, -0.05) is 35.3 Å². The Morgan fingerprint density at radius 3 is 2.46 bits per heavy atom. The van der Waals surface area contributed by atoms with Crippen LogP contribution in [0.1, 0.15) is 11.1 Å². The summed E-state index contributed by atoms with van der Waals surface area (Å²) in [5, 5.41) is 13.7. The smallest absolute Gasteiger partial charge is 0.328 e. The van der Waals surface area contributed by atoms with Gasteiger partial charge in [-0.3, -0.25) is 19.8 Å². The Morgan fingerprint density at radius 1 is 1.21 bits per heavy atom. The summed E-state index contributed by atoms with van der Waals surface area (Å²) in [7, 11) is 1.36. The van der Waals surface area contributed by atoms with Crippen molar-refractivity contribution >= 4 is 46.9 Å². The van der Waals surface area contributed by atoms with Gasteiger partial charge in [0.1, 0.15) is 12.3 Å². The van der Waals surface area contributed by atoms with E-state index < -0.39 is 16.9 Å². The summed E-state index contributed by atoms with van der Waals surface area (Å²) >= 11 is 12.5. The average molecular weight is 422 g/mol. The van der Waals surface area contributed by atoms with E-state index in [2.05, 4.69) is 5.32 Å². The van der Waals surface area contributed by atoms with E-state index in [0.717, 1.165) is 4.90 Å². The summed E-state index contributed by atoms with van der Waals surface area (Å²) in [6, 6.07) is 8.54. The predicted molar refractivity (Wildman–Crippen MR) is 103 cm³/mol. The van der Waals surface area contributed by atoms with E-state index in [1.165, 1.54) is 37.4 Å². The van der Waals surface area contributed by atoms with Crippen molar-refractivity contribution in [3.05, 3.63) is 73.4 Å². The quantitative estimate of drug-likeness (QED) is 0.340. The number of nitro groups is 1. The third kappa shape index (κ3) is 4.08. The molecule has 1 aliphatic rings. The van der Waals surface area contributed by atoms with Gasteiger partial charge >= 0.3 is 6.03 Å². The zero-order valence-corrected chi connectivity index (χ0v) is 16.0. The number of imide groups is 1. The molecule has 0 radical (unpaired) electrons. The molecule has 1 fully saturated rings. The van der Waals surface area contributed by atoms with Gasteiger partial charge in [0.05, 0.1) is 15.0 Å². The summed E-state index contributed by atoms with van der Waals surface area (Å²) in [4.78, 5) is 34.7. The highest BCUT2D eigenvalue weighted by atomic mass is 35.5. The van der Waals surface area contributed by atoms with Crippen LogP contribution in [0, 0.1) is 10.1 Å². The van der Waals surface area contributed by atoms with Crippen LogP contribution in [0.25, 0.3) is 6.08 Å². The highest BCUT2D eigenvalue weighted by molar-refractivity contribution is 6.37. The molecule has 2 aromatic rings. The highest BCUT2D eigenvalue weighted by Crippen LogP contribution is 2.35. The minimum Gasteiger partial charge on any atom is -0.486 e. The number of hydrogen-bond donors (Lipinski definition) is 1. The molecule has 3 amide bonds. The SMILES string of the molecule is CN1C(=O)N/C(=C/c2cc(Cl)c(OCc3cccc([N+](=O)[O-])c3)c(Cl)c2)C1=O. The van der Waals surface area contributed by atoms with Gasteiger partial charge < -0.3 is 10.1 Å². The minimum atomic E-state index is -0.523. The number of hydrogen-bond acceptors (Lipinski definition) is 5. The van der Waals surface area contributed by atoms with E-state index in [1.54, 1.807) is 12.1 Å². The minimum absolute atomic E-state index is 0.0287. The summed E-state index contributed by atoms with van der Waals surface area (Å²) in [5.74, 6) is -0.265. The molecule has 0 unspecified atom stereocenters. The number of nitro benzene ring substituents is 1. The largest absolute Gasteiger partial charge is 0.486 e. The second-order valence-electron chi connectivity index (χ2n) is 5.88. The second-order valence-corrected chi connectivity index (χ2v) is 6.70. The number of urea groups is 1. The molecule has 1 N–H and O–H groups in total. The number of benzene rings is 2. The number of rotatable bonds is 5. The number of halogens is 2. The maximum Gasteiger partial charge on any atom is 0.328 e. The normalized spacial score (nSPS) is 15.1. The van der Waals surface area contributed by atoms with Gasteiger partial charge in [0.25, 0.3) is 11.6 Å². The van der Waals surface area contributed by atoms with Crippen LogP contribution in [0.5, 0.6) is 5.75 Å². The van der Waals surface area contributed by atoms with Gasteiger partial charge in [0, 0.05) is 19.2 Å². The van der Waals surface area contributed by atoms with E-state index in [0.29, 0.717) is 11.1 Å². The molecular weight excluding hydrogens is 409 g/mol. The molecule has 0 aromatic heterocycles. The molecule has 0 saturated carbocycles. The molecule has 1 saturated heterocycles. The maximum absolute atomic E-state index is 11.9. The lowest BCUT2D eigenvalue weighted by atomic mass is 10.1. The third-order valence-corrected chi connectivity index (χ3v) is 4.48. The van der Waals surface area contributed by atoms with E-state index in [-0.39, 0.29) is 33.8 Å². The average Bonchev–Trinajstić information content (AvgIpc) is 2.88. The molecule has 10 heteroatoms. The lowest BCUT2D eigenvalue weighted by Crippen LogP contribution is -2.25. The van der Waals surface area contributed by atoms with Crippen molar-refractivity contribution in [1.29, 1.82) is 0 Å². The molecule has 0 aliphatic carbocycles. The van der Waals surface area contributed by atoms with Gasteiger partial charge in [0.2, 0.25) is 0 Å². The lowest BCUT2D eigenvalue weighted by Gasteiger charge is -2.11. The Bertz CT molecular complexity index is 999. The lowest BCUT2D eigenvalue weighted by molar-refractivity contribution is -0.384. The molecule has 28 heavy (non-hydrogen) atoms. The van der Waals surface area contributed by atoms with Gasteiger partial charge in [-0.05, 0) is 29.3 Å². The fraction of sp³-hybridized carbons (Fsp3) is 0.111. The van der Waals surface area contributed by atoms with Crippen molar-refractivity contribution in [3.8, 4) is 5.75 Å². The van der Waals surface area contributed by atoms with Crippen LogP contribution in [0.3, 0.4) is 0 Å². The number of non-ortho nitro benzene ring substituents is 1. The van der Waals surface area contributed by atoms with Crippen molar-refractivity contribution in [3.63, 3.8) is 0 Å². The van der Waals surface area contributed by atoms with Crippen LogP contribution in [0.2, 0.25) is 10.0 Å². The van der Waals surface area contributed by atoms with Crippen molar-refractivity contribution in [2.24, 2.45) is 0 Å². The van der Waals surface area contributed by atoms with Crippen LogP contribution in [-0.4, -0.2) is 28.8 Å².